The van der Waals surface area contributed by atoms with Gasteiger partial charge in [-0.25, -0.2) is 4.79 Å². The Labute approximate surface area is 110 Å². The molecule has 0 radical (unpaired) electrons. The standard InChI is InChI=1S/C13H27N3O2/c1-12(2,3)13(5-7-15)9-16(11(17)18)8-10(13)4-6-14/h10H,4-9,14-15H2,1-3H3,(H,17,18)/t10-,13-/m1/s1. The number of hydrogen-bond acceptors (Lipinski definition) is 3. The van der Waals surface area contributed by atoms with E-state index in [2.05, 4.69) is 20.8 Å². The van der Waals surface area contributed by atoms with Gasteiger partial charge in [-0.3, -0.25) is 0 Å². The van der Waals surface area contributed by atoms with Crippen LogP contribution in [0.5, 0.6) is 0 Å². The molecular formula is C13H27N3O2. The summed E-state index contributed by atoms with van der Waals surface area (Å²) in [4.78, 5) is 12.8. The second-order valence-electron chi connectivity index (χ2n) is 6.38. The number of nitrogens with zero attached hydrogens (tertiary/aromatic N) is 1. The van der Waals surface area contributed by atoms with Crippen LogP contribution in [-0.2, 0) is 0 Å². The first-order valence-corrected chi connectivity index (χ1v) is 6.66. The lowest BCUT2D eigenvalue weighted by molar-refractivity contribution is 0.0397. The molecule has 1 amide bonds. The topological polar surface area (TPSA) is 92.6 Å². The van der Waals surface area contributed by atoms with Gasteiger partial charge in [0.15, 0.2) is 0 Å². The van der Waals surface area contributed by atoms with Crippen molar-refractivity contribution in [1.29, 1.82) is 0 Å². The molecule has 1 aliphatic heterocycles. The average Bonchev–Trinajstić information content (AvgIpc) is 2.59. The Balaban J connectivity index is 3.07. The molecule has 2 atom stereocenters. The van der Waals surface area contributed by atoms with E-state index in [1.165, 1.54) is 4.90 Å². The fourth-order valence-electron chi connectivity index (χ4n) is 3.45. The lowest BCUT2D eigenvalue weighted by Crippen LogP contribution is -2.45. The maximum absolute atomic E-state index is 11.2. The van der Waals surface area contributed by atoms with Gasteiger partial charge in [0.25, 0.3) is 0 Å². The third kappa shape index (κ3) is 2.62. The van der Waals surface area contributed by atoms with Crippen molar-refractivity contribution in [1.82, 2.24) is 4.90 Å². The molecule has 0 unspecified atom stereocenters. The van der Waals surface area contributed by atoms with Crippen LogP contribution in [0.1, 0.15) is 33.6 Å². The van der Waals surface area contributed by atoms with Crippen LogP contribution in [-0.4, -0.2) is 42.3 Å². The summed E-state index contributed by atoms with van der Waals surface area (Å²) in [7, 11) is 0. The molecule has 1 aliphatic rings. The molecule has 5 N–H and O–H groups in total. The van der Waals surface area contributed by atoms with Gasteiger partial charge in [0.2, 0.25) is 0 Å². The van der Waals surface area contributed by atoms with Crippen molar-refractivity contribution >= 4 is 6.09 Å². The summed E-state index contributed by atoms with van der Waals surface area (Å²) in [6.07, 6.45) is 0.881. The normalized spacial score (nSPS) is 28.7. The SMILES string of the molecule is CC(C)(C)[C@]1(CCN)CN(C(=O)O)C[C@H]1CCN. The molecule has 5 nitrogen and oxygen atoms in total. The van der Waals surface area contributed by atoms with E-state index >= 15 is 0 Å². The summed E-state index contributed by atoms with van der Waals surface area (Å²) in [6.45, 7) is 8.89. The molecule has 0 aromatic rings. The Hall–Kier alpha value is -0.810. The third-order valence-corrected chi connectivity index (χ3v) is 4.57. The van der Waals surface area contributed by atoms with Crippen LogP contribution in [0.15, 0.2) is 0 Å². The summed E-state index contributed by atoms with van der Waals surface area (Å²) < 4.78 is 0. The average molecular weight is 257 g/mol. The Kier molecular flexibility index (Phi) is 4.61. The highest BCUT2D eigenvalue weighted by atomic mass is 16.4. The summed E-state index contributed by atoms with van der Waals surface area (Å²) in [5.74, 6) is 0.308. The number of rotatable bonds is 4. The molecule has 0 aromatic carbocycles. The summed E-state index contributed by atoms with van der Waals surface area (Å²) in [5.41, 5.74) is 11.4. The predicted molar refractivity (Wildman–Crippen MR) is 72.3 cm³/mol. The molecule has 1 saturated heterocycles. The molecule has 1 rings (SSSR count). The van der Waals surface area contributed by atoms with Gasteiger partial charge < -0.3 is 21.5 Å². The molecule has 0 aromatic heterocycles. The van der Waals surface area contributed by atoms with Gasteiger partial charge in [-0.1, -0.05) is 20.8 Å². The number of hydrogen-bond donors (Lipinski definition) is 3. The first-order valence-electron chi connectivity index (χ1n) is 6.66. The molecule has 0 aliphatic carbocycles. The lowest BCUT2D eigenvalue weighted by Gasteiger charge is -2.46. The largest absolute Gasteiger partial charge is 0.465 e. The molecule has 0 bridgehead atoms. The molecule has 0 saturated carbocycles. The lowest BCUT2D eigenvalue weighted by atomic mass is 9.59. The Bertz CT molecular complexity index is 301. The van der Waals surface area contributed by atoms with E-state index in [0.29, 0.717) is 32.1 Å². The van der Waals surface area contributed by atoms with Gasteiger partial charge >= 0.3 is 6.09 Å². The first-order chi connectivity index (χ1) is 8.28. The molecule has 106 valence electrons. The molecule has 1 heterocycles. The zero-order chi connectivity index (χ0) is 14.0. The summed E-state index contributed by atoms with van der Waals surface area (Å²) in [5, 5.41) is 9.23. The number of amides is 1. The minimum Gasteiger partial charge on any atom is -0.465 e. The second-order valence-corrected chi connectivity index (χ2v) is 6.38. The molecule has 0 spiro atoms. The van der Waals surface area contributed by atoms with Gasteiger partial charge in [-0.2, -0.15) is 0 Å². The Morgan fingerprint density at radius 2 is 2.00 bits per heavy atom. The third-order valence-electron chi connectivity index (χ3n) is 4.57. The van der Waals surface area contributed by atoms with Crippen molar-refractivity contribution in [3.8, 4) is 0 Å². The van der Waals surface area contributed by atoms with Gasteiger partial charge in [0, 0.05) is 13.1 Å². The van der Waals surface area contributed by atoms with Crippen molar-refractivity contribution in [2.75, 3.05) is 26.2 Å². The van der Waals surface area contributed by atoms with Crippen molar-refractivity contribution in [3.05, 3.63) is 0 Å². The van der Waals surface area contributed by atoms with E-state index in [1.54, 1.807) is 0 Å². The first kappa shape index (κ1) is 15.2. The Morgan fingerprint density at radius 3 is 2.39 bits per heavy atom. The fraction of sp³-hybridized carbons (Fsp3) is 0.923. The maximum atomic E-state index is 11.2. The molecule has 5 heteroatoms. The van der Waals surface area contributed by atoms with E-state index in [4.69, 9.17) is 11.5 Å². The predicted octanol–water partition coefficient (Wildman–Crippen LogP) is 1.33. The molecular weight excluding hydrogens is 230 g/mol. The zero-order valence-corrected chi connectivity index (χ0v) is 11.8. The minimum atomic E-state index is -0.833. The van der Waals surface area contributed by atoms with Crippen LogP contribution < -0.4 is 11.5 Å². The van der Waals surface area contributed by atoms with E-state index in [-0.39, 0.29) is 10.8 Å². The van der Waals surface area contributed by atoms with Crippen molar-refractivity contribution < 1.29 is 9.90 Å². The Morgan fingerprint density at radius 1 is 1.39 bits per heavy atom. The summed E-state index contributed by atoms with van der Waals surface area (Å²) in [6, 6.07) is 0. The van der Waals surface area contributed by atoms with Crippen molar-refractivity contribution in [3.63, 3.8) is 0 Å². The van der Waals surface area contributed by atoms with Crippen molar-refractivity contribution in [2.24, 2.45) is 28.2 Å². The minimum absolute atomic E-state index is 0.0242. The fourth-order valence-corrected chi connectivity index (χ4v) is 3.45. The smallest absolute Gasteiger partial charge is 0.407 e. The zero-order valence-electron chi connectivity index (χ0n) is 11.8. The van der Waals surface area contributed by atoms with E-state index in [1.807, 2.05) is 0 Å². The van der Waals surface area contributed by atoms with Crippen LogP contribution in [0, 0.1) is 16.7 Å². The van der Waals surface area contributed by atoms with Crippen LogP contribution in [0.3, 0.4) is 0 Å². The van der Waals surface area contributed by atoms with Crippen LogP contribution in [0.4, 0.5) is 4.79 Å². The van der Waals surface area contributed by atoms with Crippen LogP contribution >= 0.6 is 0 Å². The summed E-state index contributed by atoms with van der Waals surface area (Å²) >= 11 is 0. The highest BCUT2D eigenvalue weighted by Crippen LogP contribution is 2.52. The van der Waals surface area contributed by atoms with Gasteiger partial charge in [-0.05, 0) is 42.7 Å². The highest BCUT2D eigenvalue weighted by molar-refractivity contribution is 5.65. The number of carbonyl (C=O) groups is 1. The van der Waals surface area contributed by atoms with E-state index in [0.717, 1.165) is 12.8 Å². The second kappa shape index (κ2) is 5.45. The molecule has 1 fully saturated rings. The van der Waals surface area contributed by atoms with E-state index < -0.39 is 6.09 Å². The van der Waals surface area contributed by atoms with Crippen LogP contribution in [0.25, 0.3) is 0 Å². The monoisotopic (exact) mass is 257 g/mol. The number of likely N-dealkylation sites (tertiary alicyclic amines) is 1. The number of carboxylic acid groups (broad SMARTS) is 1. The van der Waals surface area contributed by atoms with Gasteiger partial charge in [-0.15, -0.1) is 0 Å². The van der Waals surface area contributed by atoms with Gasteiger partial charge in [0.05, 0.1) is 0 Å². The van der Waals surface area contributed by atoms with Crippen LogP contribution in [0.2, 0.25) is 0 Å². The highest BCUT2D eigenvalue weighted by Gasteiger charge is 2.53. The van der Waals surface area contributed by atoms with E-state index in [9.17, 15) is 9.90 Å². The van der Waals surface area contributed by atoms with Gasteiger partial charge in [0.1, 0.15) is 0 Å². The molecule has 18 heavy (non-hydrogen) atoms. The van der Waals surface area contributed by atoms with Crippen molar-refractivity contribution in [2.45, 2.75) is 33.6 Å². The number of nitrogens with two attached hydrogens (primary N) is 2. The maximum Gasteiger partial charge on any atom is 0.407 e. The quantitative estimate of drug-likeness (QED) is 0.708.